The number of hydrogen-bond acceptors (Lipinski definition) is 3. The van der Waals surface area contributed by atoms with Gasteiger partial charge in [-0.15, -0.1) is 0 Å². The Morgan fingerprint density at radius 3 is 2.55 bits per heavy atom. The molecule has 0 bridgehead atoms. The molecule has 2 N–H and O–H groups in total. The Labute approximate surface area is 70.8 Å². The second kappa shape index (κ2) is 2.96. The van der Waals surface area contributed by atoms with Crippen LogP contribution in [0, 0.1) is 0 Å². The van der Waals surface area contributed by atoms with E-state index < -0.39 is 0 Å². The van der Waals surface area contributed by atoms with Gasteiger partial charge in [0, 0.05) is 25.8 Å². The molecule has 11 heavy (non-hydrogen) atoms. The van der Waals surface area contributed by atoms with Crippen molar-refractivity contribution in [3.05, 3.63) is 17.3 Å². The highest BCUT2D eigenvalue weighted by atomic mass is 35.5. The molecule has 0 saturated heterocycles. The molecule has 0 fully saturated rings. The maximum Gasteiger partial charge on any atom is 0.133 e. The molecule has 1 aromatic heterocycles. The highest BCUT2D eigenvalue weighted by Crippen LogP contribution is 2.17. The van der Waals surface area contributed by atoms with Crippen molar-refractivity contribution in [3.8, 4) is 0 Å². The van der Waals surface area contributed by atoms with Crippen molar-refractivity contribution in [3.63, 3.8) is 0 Å². The van der Waals surface area contributed by atoms with Gasteiger partial charge in [-0.05, 0) is 6.07 Å². The van der Waals surface area contributed by atoms with E-state index in [9.17, 15) is 0 Å². The van der Waals surface area contributed by atoms with Crippen LogP contribution in [0.5, 0.6) is 0 Å². The minimum absolute atomic E-state index is 0.425. The van der Waals surface area contributed by atoms with Crippen LogP contribution in [-0.2, 0) is 0 Å². The number of rotatable bonds is 1. The third kappa shape index (κ3) is 1.98. The fraction of sp³-hybridized carbons (Fsp3) is 0.286. The summed E-state index contributed by atoms with van der Waals surface area (Å²) in [6.45, 7) is 0. The lowest BCUT2D eigenvalue weighted by atomic mass is 10.4. The van der Waals surface area contributed by atoms with Crippen molar-refractivity contribution in [1.82, 2.24) is 4.98 Å². The van der Waals surface area contributed by atoms with Gasteiger partial charge in [-0.3, -0.25) is 0 Å². The maximum atomic E-state index is 5.68. The third-order valence-electron chi connectivity index (χ3n) is 1.26. The highest BCUT2D eigenvalue weighted by Gasteiger charge is 1.99. The Morgan fingerprint density at radius 2 is 2.09 bits per heavy atom. The van der Waals surface area contributed by atoms with Gasteiger partial charge in [-0.1, -0.05) is 11.6 Å². The fourth-order valence-electron chi connectivity index (χ4n) is 0.731. The average Bonchev–Trinajstić information content (AvgIpc) is 1.85. The molecule has 0 aliphatic heterocycles. The van der Waals surface area contributed by atoms with E-state index in [4.69, 9.17) is 17.3 Å². The molecule has 0 amide bonds. The largest absolute Gasteiger partial charge is 0.399 e. The SMILES string of the molecule is CN(C)c1cc(N)cc(Cl)n1. The van der Waals surface area contributed by atoms with Crippen molar-refractivity contribution >= 4 is 23.1 Å². The van der Waals surface area contributed by atoms with Crippen LogP contribution in [0.1, 0.15) is 0 Å². The first-order valence-electron chi connectivity index (χ1n) is 3.20. The van der Waals surface area contributed by atoms with Crippen molar-refractivity contribution in [1.29, 1.82) is 0 Å². The summed E-state index contributed by atoms with van der Waals surface area (Å²) in [7, 11) is 3.77. The number of halogens is 1. The zero-order valence-corrected chi connectivity index (χ0v) is 7.26. The van der Waals surface area contributed by atoms with Gasteiger partial charge >= 0.3 is 0 Å². The van der Waals surface area contributed by atoms with Crippen LogP contribution in [0.25, 0.3) is 0 Å². The average molecular weight is 172 g/mol. The van der Waals surface area contributed by atoms with Crippen molar-refractivity contribution in [2.75, 3.05) is 24.7 Å². The van der Waals surface area contributed by atoms with Crippen LogP contribution in [0.3, 0.4) is 0 Å². The van der Waals surface area contributed by atoms with Gasteiger partial charge in [-0.2, -0.15) is 0 Å². The van der Waals surface area contributed by atoms with Crippen LogP contribution < -0.4 is 10.6 Å². The summed E-state index contributed by atoms with van der Waals surface area (Å²) in [6.07, 6.45) is 0. The van der Waals surface area contributed by atoms with Gasteiger partial charge in [0.15, 0.2) is 0 Å². The number of nitrogens with zero attached hydrogens (tertiary/aromatic N) is 2. The van der Waals surface area contributed by atoms with Crippen molar-refractivity contribution in [2.24, 2.45) is 0 Å². The number of nitrogens with two attached hydrogens (primary N) is 1. The van der Waals surface area contributed by atoms with Gasteiger partial charge in [0.05, 0.1) is 0 Å². The highest BCUT2D eigenvalue weighted by molar-refractivity contribution is 6.29. The van der Waals surface area contributed by atoms with Gasteiger partial charge in [0.2, 0.25) is 0 Å². The van der Waals surface area contributed by atoms with E-state index in [1.807, 2.05) is 19.0 Å². The standard InChI is InChI=1S/C7H10ClN3/c1-11(2)7-4-5(9)3-6(8)10-7/h3-4H,1-2H3,(H2,9,10). The molecule has 0 radical (unpaired) electrons. The molecule has 1 aromatic rings. The molecule has 0 spiro atoms. The van der Waals surface area contributed by atoms with Crippen molar-refractivity contribution in [2.45, 2.75) is 0 Å². The summed E-state index contributed by atoms with van der Waals surface area (Å²) in [5.74, 6) is 0.773. The van der Waals surface area contributed by atoms with Gasteiger partial charge < -0.3 is 10.6 Å². The molecule has 1 rings (SSSR count). The predicted octanol–water partition coefficient (Wildman–Crippen LogP) is 1.38. The lowest BCUT2D eigenvalue weighted by Crippen LogP contribution is -2.10. The fourth-order valence-corrected chi connectivity index (χ4v) is 0.944. The molecule has 3 nitrogen and oxygen atoms in total. The van der Waals surface area contributed by atoms with Gasteiger partial charge in [0.25, 0.3) is 0 Å². The summed E-state index contributed by atoms with van der Waals surface area (Å²) in [5, 5.41) is 0.425. The molecular weight excluding hydrogens is 162 g/mol. The predicted molar refractivity (Wildman–Crippen MR) is 48.0 cm³/mol. The summed E-state index contributed by atoms with van der Waals surface area (Å²) in [4.78, 5) is 5.89. The lowest BCUT2D eigenvalue weighted by Gasteiger charge is -2.11. The van der Waals surface area contributed by atoms with E-state index in [1.54, 1.807) is 12.1 Å². The Bertz CT molecular complexity index is 240. The molecule has 0 aromatic carbocycles. The third-order valence-corrected chi connectivity index (χ3v) is 1.45. The first kappa shape index (κ1) is 8.14. The topological polar surface area (TPSA) is 42.1 Å². The van der Waals surface area contributed by atoms with Crippen LogP contribution in [0.4, 0.5) is 11.5 Å². The number of aromatic nitrogens is 1. The summed E-state index contributed by atoms with van der Waals surface area (Å²) in [6, 6.07) is 3.39. The van der Waals surface area contributed by atoms with E-state index in [0.29, 0.717) is 10.8 Å². The first-order chi connectivity index (χ1) is 5.09. The first-order valence-corrected chi connectivity index (χ1v) is 3.58. The molecule has 1 heterocycles. The molecule has 0 atom stereocenters. The summed E-state index contributed by atoms with van der Waals surface area (Å²) < 4.78 is 0. The Kier molecular flexibility index (Phi) is 2.19. The lowest BCUT2D eigenvalue weighted by molar-refractivity contribution is 1.07. The molecule has 0 aliphatic rings. The molecule has 0 unspecified atom stereocenters. The van der Waals surface area contributed by atoms with Gasteiger partial charge in [-0.25, -0.2) is 4.98 Å². The Morgan fingerprint density at radius 1 is 1.45 bits per heavy atom. The number of hydrogen-bond donors (Lipinski definition) is 1. The quantitative estimate of drug-likeness (QED) is 0.650. The van der Waals surface area contributed by atoms with Crippen molar-refractivity contribution < 1.29 is 0 Å². The number of pyridine rings is 1. The van der Waals surface area contributed by atoms with Gasteiger partial charge in [0.1, 0.15) is 11.0 Å². The van der Waals surface area contributed by atoms with E-state index >= 15 is 0 Å². The van der Waals surface area contributed by atoms with Crippen LogP contribution in [0.2, 0.25) is 5.15 Å². The monoisotopic (exact) mass is 171 g/mol. The number of anilines is 2. The maximum absolute atomic E-state index is 5.68. The Hall–Kier alpha value is -0.960. The van der Waals surface area contributed by atoms with E-state index in [1.165, 1.54) is 0 Å². The normalized spacial score (nSPS) is 9.73. The summed E-state index contributed by atoms with van der Waals surface area (Å²) >= 11 is 5.68. The zero-order chi connectivity index (χ0) is 8.43. The second-order valence-corrected chi connectivity index (χ2v) is 2.86. The molecule has 0 saturated carbocycles. The summed E-state index contributed by atoms with van der Waals surface area (Å²) in [5.41, 5.74) is 6.18. The molecule has 60 valence electrons. The smallest absolute Gasteiger partial charge is 0.133 e. The minimum Gasteiger partial charge on any atom is -0.399 e. The molecule has 0 aliphatic carbocycles. The molecular formula is C7H10ClN3. The number of nitrogen functional groups attached to an aromatic ring is 1. The zero-order valence-electron chi connectivity index (χ0n) is 6.50. The van der Waals surface area contributed by atoms with Crippen LogP contribution >= 0.6 is 11.6 Å². The van der Waals surface area contributed by atoms with E-state index in [-0.39, 0.29) is 0 Å². The second-order valence-electron chi connectivity index (χ2n) is 2.48. The minimum atomic E-state index is 0.425. The van der Waals surface area contributed by atoms with E-state index in [2.05, 4.69) is 4.98 Å². The molecule has 4 heteroatoms. The van der Waals surface area contributed by atoms with Crippen LogP contribution in [-0.4, -0.2) is 19.1 Å². The van der Waals surface area contributed by atoms with E-state index in [0.717, 1.165) is 5.82 Å². The van der Waals surface area contributed by atoms with Crippen LogP contribution in [0.15, 0.2) is 12.1 Å². The Balaban J connectivity index is 3.08.